The van der Waals surface area contributed by atoms with Crippen LogP contribution < -0.4 is 10.8 Å². The van der Waals surface area contributed by atoms with Crippen molar-refractivity contribution in [1.29, 1.82) is 0 Å². The van der Waals surface area contributed by atoms with Crippen molar-refractivity contribution < 1.29 is 9.31 Å². The molecular formula is C15H23BN2O2. The highest BCUT2D eigenvalue weighted by Gasteiger charge is 2.51. The molecule has 2 saturated heterocycles. The highest BCUT2D eigenvalue weighted by Crippen LogP contribution is 2.36. The molecule has 3 rings (SSSR count). The van der Waals surface area contributed by atoms with Crippen LogP contribution in [0.3, 0.4) is 0 Å². The molecule has 0 amide bonds. The summed E-state index contributed by atoms with van der Waals surface area (Å²) in [6.45, 7) is 10.4. The Morgan fingerprint density at radius 2 is 1.90 bits per heavy atom. The molecule has 1 aromatic rings. The number of pyridine rings is 1. The molecule has 3 heterocycles. The smallest absolute Gasteiger partial charge is 0.399 e. The zero-order chi connectivity index (χ0) is 14.4. The van der Waals surface area contributed by atoms with Crippen LogP contribution in [0.2, 0.25) is 0 Å². The molecular weight excluding hydrogens is 251 g/mol. The van der Waals surface area contributed by atoms with Crippen LogP contribution >= 0.6 is 0 Å². The number of aromatic nitrogens is 1. The molecule has 1 atom stereocenters. The summed E-state index contributed by atoms with van der Waals surface area (Å²) >= 11 is 0. The molecule has 0 aromatic carbocycles. The predicted octanol–water partition coefficient (Wildman–Crippen LogP) is 1.46. The molecule has 2 aliphatic rings. The van der Waals surface area contributed by atoms with Crippen LogP contribution in [-0.2, 0) is 9.31 Å². The van der Waals surface area contributed by atoms with E-state index in [4.69, 9.17) is 9.31 Å². The predicted molar refractivity (Wildman–Crippen MR) is 80.2 cm³/mol. The Balaban J connectivity index is 1.75. The zero-order valence-electron chi connectivity index (χ0n) is 12.8. The standard InChI is InChI=1S/C15H23BN2O2/c1-14(2)15(3,4)20-16(19-14)12-5-6-13(18-10-12)11-7-8-17-9-11/h5-6,10-11,17H,7-9H2,1-4H3/t11-/m0/s1. The van der Waals surface area contributed by atoms with Crippen molar-refractivity contribution in [2.24, 2.45) is 0 Å². The van der Waals surface area contributed by atoms with Gasteiger partial charge in [0, 0.05) is 29.8 Å². The monoisotopic (exact) mass is 274 g/mol. The number of nitrogens with one attached hydrogen (secondary N) is 1. The second-order valence-electron chi connectivity index (χ2n) is 6.79. The first-order chi connectivity index (χ1) is 9.39. The van der Waals surface area contributed by atoms with Gasteiger partial charge in [-0.1, -0.05) is 6.07 Å². The molecule has 2 aliphatic heterocycles. The highest BCUT2D eigenvalue weighted by molar-refractivity contribution is 6.62. The molecule has 108 valence electrons. The first-order valence-corrected chi connectivity index (χ1v) is 7.41. The van der Waals surface area contributed by atoms with E-state index in [-0.39, 0.29) is 18.3 Å². The van der Waals surface area contributed by atoms with Gasteiger partial charge < -0.3 is 14.6 Å². The van der Waals surface area contributed by atoms with E-state index in [2.05, 4.69) is 50.1 Å². The SMILES string of the molecule is CC1(C)OB(c2ccc([C@H]3CCNC3)nc2)OC1(C)C. The van der Waals surface area contributed by atoms with E-state index in [1.54, 1.807) is 0 Å². The molecule has 2 fully saturated rings. The Morgan fingerprint density at radius 3 is 2.40 bits per heavy atom. The molecule has 20 heavy (non-hydrogen) atoms. The third-order valence-electron chi connectivity index (χ3n) is 4.81. The maximum Gasteiger partial charge on any atom is 0.496 e. The van der Waals surface area contributed by atoms with E-state index < -0.39 is 0 Å². The summed E-state index contributed by atoms with van der Waals surface area (Å²) in [5.74, 6) is 0.544. The topological polar surface area (TPSA) is 43.4 Å². The normalized spacial score (nSPS) is 28.0. The van der Waals surface area contributed by atoms with Gasteiger partial charge in [-0.3, -0.25) is 4.98 Å². The average molecular weight is 274 g/mol. The molecule has 0 aliphatic carbocycles. The Morgan fingerprint density at radius 1 is 1.20 bits per heavy atom. The van der Waals surface area contributed by atoms with E-state index >= 15 is 0 Å². The Bertz CT molecular complexity index is 465. The van der Waals surface area contributed by atoms with Crippen LogP contribution in [0, 0.1) is 0 Å². The van der Waals surface area contributed by atoms with Gasteiger partial charge in [-0.05, 0) is 46.7 Å². The maximum absolute atomic E-state index is 6.04. The summed E-state index contributed by atoms with van der Waals surface area (Å²) < 4.78 is 12.1. The van der Waals surface area contributed by atoms with Crippen LogP contribution in [0.25, 0.3) is 0 Å². The fourth-order valence-electron chi connectivity index (χ4n) is 2.68. The molecule has 5 heteroatoms. The maximum atomic E-state index is 6.04. The van der Waals surface area contributed by atoms with E-state index in [0.29, 0.717) is 5.92 Å². The fourth-order valence-corrected chi connectivity index (χ4v) is 2.68. The van der Waals surface area contributed by atoms with Crippen LogP contribution in [0.1, 0.15) is 45.7 Å². The van der Waals surface area contributed by atoms with E-state index in [1.807, 2.05) is 6.20 Å². The second-order valence-corrected chi connectivity index (χ2v) is 6.79. The second kappa shape index (κ2) is 4.83. The van der Waals surface area contributed by atoms with Crippen molar-refractivity contribution in [1.82, 2.24) is 10.3 Å². The minimum atomic E-state index is -0.316. The molecule has 0 radical (unpaired) electrons. The fraction of sp³-hybridized carbons (Fsp3) is 0.667. The van der Waals surface area contributed by atoms with Gasteiger partial charge in [0.05, 0.1) is 11.2 Å². The molecule has 1 N–H and O–H groups in total. The number of rotatable bonds is 2. The minimum Gasteiger partial charge on any atom is -0.399 e. The Kier molecular flexibility index (Phi) is 3.39. The lowest BCUT2D eigenvalue weighted by molar-refractivity contribution is 0.00578. The van der Waals surface area contributed by atoms with Crippen LogP contribution in [0.5, 0.6) is 0 Å². The zero-order valence-corrected chi connectivity index (χ0v) is 12.8. The number of hydrogen-bond donors (Lipinski definition) is 1. The minimum absolute atomic E-state index is 0.300. The van der Waals surface area contributed by atoms with Crippen molar-refractivity contribution in [3.8, 4) is 0 Å². The lowest BCUT2D eigenvalue weighted by Gasteiger charge is -2.32. The van der Waals surface area contributed by atoms with Crippen molar-refractivity contribution in [3.05, 3.63) is 24.0 Å². The molecule has 0 bridgehead atoms. The Labute approximate surface area is 121 Å². The van der Waals surface area contributed by atoms with Gasteiger partial charge in [0.15, 0.2) is 0 Å². The Hall–Kier alpha value is -0.905. The van der Waals surface area contributed by atoms with E-state index in [1.165, 1.54) is 6.42 Å². The van der Waals surface area contributed by atoms with Crippen molar-refractivity contribution in [2.75, 3.05) is 13.1 Å². The molecule has 1 aromatic heterocycles. The summed E-state index contributed by atoms with van der Waals surface area (Å²) in [6, 6.07) is 4.20. The summed E-state index contributed by atoms with van der Waals surface area (Å²) in [6.07, 6.45) is 3.07. The van der Waals surface area contributed by atoms with E-state index in [9.17, 15) is 0 Å². The average Bonchev–Trinajstić information content (AvgIpc) is 2.97. The van der Waals surface area contributed by atoms with Crippen molar-refractivity contribution in [3.63, 3.8) is 0 Å². The van der Waals surface area contributed by atoms with E-state index in [0.717, 1.165) is 24.2 Å². The molecule has 0 unspecified atom stereocenters. The van der Waals surface area contributed by atoms with Crippen LogP contribution in [-0.4, -0.2) is 36.4 Å². The van der Waals surface area contributed by atoms with Gasteiger partial charge in [0.1, 0.15) is 0 Å². The van der Waals surface area contributed by atoms with Gasteiger partial charge in [-0.15, -0.1) is 0 Å². The van der Waals surface area contributed by atoms with Crippen LogP contribution in [0.4, 0.5) is 0 Å². The van der Waals surface area contributed by atoms with Gasteiger partial charge >= 0.3 is 7.12 Å². The largest absolute Gasteiger partial charge is 0.496 e. The van der Waals surface area contributed by atoms with Crippen molar-refractivity contribution >= 4 is 12.6 Å². The summed E-state index contributed by atoms with van der Waals surface area (Å²) in [7, 11) is -0.316. The van der Waals surface area contributed by atoms with Gasteiger partial charge in [-0.25, -0.2) is 0 Å². The molecule has 0 spiro atoms. The molecule has 4 nitrogen and oxygen atoms in total. The third-order valence-corrected chi connectivity index (χ3v) is 4.81. The highest BCUT2D eigenvalue weighted by atomic mass is 16.7. The summed E-state index contributed by atoms with van der Waals surface area (Å²) in [4.78, 5) is 4.60. The summed E-state index contributed by atoms with van der Waals surface area (Å²) in [5, 5.41) is 3.37. The third kappa shape index (κ3) is 2.38. The first-order valence-electron chi connectivity index (χ1n) is 7.41. The lowest BCUT2D eigenvalue weighted by Crippen LogP contribution is -2.41. The number of nitrogens with zero attached hydrogens (tertiary/aromatic N) is 1. The van der Waals surface area contributed by atoms with Gasteiger partial charge in [0.25, 0.3) is 0 Å². The van der Waals surface area contributed by atoms with Gasteiger partial charge in [-0.2, -0.15) is 0 Å². The van der Waals surface area contributed by atoms with Crippen LogP contribution in [0.15, 0.2) is 18.3 Å². The quantitative estimate of drug-likeness (QED) is 0.829. The van der Waals surface area contributed by atoms with Crippen molar-refractivity contribution in [2.45, 2.75) is 51.2 Å². The molecule has 0 saturated carbocycles. The lowest BCUT2D eigenvalue weighted by atomic mass is 9.80. The van der Waals surface area contributed by atoms with Gasteiger partial charge in [0.2, 0.25) is 0 Å². The summed E-state index contributed by atoms with van der Waals surface area (Å²) in [5.41, 5.74) is 1.56. The number of hydrogen-bond acceptors (Lipinski definition) is 4. The first kappa shape index (κ1) is 14.0.